The lowest BCUT2D eigenvalue weighted by molar-refractivity contribution is -0.127. The first kappa shape index (κ1) is 20.0. The Morgan fingerprint density at radius 3 is 2.45 bits per heavy atom. The van der Waals surface area contributed by atoms with Crippen LogP contribution in [0, 0.1) is 0 Å². The number of aromatic nitrogens is 1. The van der Waals surface area contributed by atoms with Gasteiger partial charge in [-0.2, -0.15) is 4.31 Å². The second kappa shape index (κ2) is 8.23. The van der Waals surface area contributed by atoms with Crippen LogP contribution >= 0.6 is 22.9 Å². The molecule has 0 saturated carbocycles. The number of benzene rings is 2. The summed E-state index contributed by atoms with van der Waals surface area (Å²) in [6, 6.07) is 14.2. The summed E-state index contributed by atoms with van der Waals surface area (Å²) in [6.07, 6.45) is 3.20. The molecular weight excluding hydrogens is 430 g/mol. The van der Waals surface area contributed by atoms with E-state index < -0.39 is 10.0 Å². The molecule has 1 aliphatic rings. The van der Waals surface area contributed by atoms with Crippen molar-refractivity contribution in [1.82, 2.24) is 14.2 Å². The summed E-state index contributed by atoms with van der Waals surface area (Å²) in [7, 11) is -3.67. The van der Waals surface area contributed by atoms with Crippen LogP contribution in [-0.2, 0) is 14.8 Å². The minimum absolute atomic E-state index is 0.0946. The maximum atomic E-state index is 12.8. The highest BCUT2D eigenvalue weighted by Crippen LogP contribution is 2.25. The third-order valence-electron chi connectivity index (χ3n) is 4.68. The standard InChI is InChI=1S/C20H18ClN3O3S2/c21-15-5-1-4-8-18(15)29(26,27)24-13-11-23(12-14-24)20(25)10-9-19-22-16-6-2-3-7-17(16)28-19/h1-10H,11-14H2/b10-9+. The third kappa shape index (κ3) is 4.20. The van der Waals surface area contributed by atoms with Crippen LogP contribution in [0.5, 0.6) is 0 Å². The zero-order valence-electron chi connectivity index (χ0n) is 15.4. The van der Waals surface area contributed by atoms with Crippen LogP contribution < -0.4 is 0 Å². The van der Waals surface area contributed by atoms with E-state index in [2.05, 4.69) is 4.98 Å². The van der Waals surface area contributed by atoms with Gasteiger partial charge < -0.3 is 4.90 Å². The van der Waals surface area contributed by atoms with Gasteiger partial charge in [-0.25, -0.2) is 13.4 Å². The van der Waals surface area contributed by atoms with Crippen LogP contribution in [0.4, 0.5) is 0 Å². The van der Waals surface area contributed by atoms with Crippen LogP contribution in [0.1, 0.15) is 5.01 Å². The van der Waals surface area contributed by atoms with Crippen molar-refractivity contribution in [2.24, 2.45) is 0 Å². The average molecular weight is 448 g/mol. The predicted molar refractivity (Wildman–Crippen MR) is 115 cm³/mol. The predicted octanol–water partition coefficient (Wildman–Crippen LogP) is 3.50. The monoisotopic (exact) mass is 447 g/mol. The van der Waals surface area contributed by atoms with E-state index in [0.717, 1.165) is 15.2 Å². The molecule has 4 rings (SSSR count). The zero-order valence-corrected chi connectivity index (χ0v) is 17.8. The molecule has 1 aliphatic heterocycles. The van der Waals surface area contributed by atoms with Crippen molar-refractivity contribution in [1.29, 1.82) is 0 Å². The van der Waals surface area contributed by atoms with E-state index in [-0.39, 0.29) is 28.9 Å². The minimum atomic E-state index is -3.67. The van der Waals surface area contributed by atoms with Crippen molar-refractivity contribution in [3.63, 3.8) is 0 Å². The average Bonchev–Trinajstić information content (AvgIpc) is 3.15. The lowest BCUT2D eigenvalue weighted by atomic mass is 10.3. The van der Waals surface area contributed by atoms with Gasteiger partial charge in [0.2, 0.25) is 15.9 Å². The molecule has 9 heteroatoms. The second-order valence-corrected chi connectivity index (χ2v) is 9.89. The van der Waals surface area contributed by atoms with Crippen LogP contribution in [0.3, 0.4) is 0 Å². The summed E-state index contributed by atoms with van der Waals surface area (Å²) in [5.74, 6) is -0.154. The molecule has 0 spiro atoms. The number of sulfonamides is 1. The number of carbonyl (C=O) groups is 1. The van der Waals surface area contributed by atoms with Gasteiger partial charge in [-0.15, -0.1) is 11.3 Å². The molecule has 2 heterocycles. The van der Waals surface area contributed by atoms with Gasteiger partial charge in [0.1, 0.15) is 9.90 Å². The molecule has 1 fully saturated rings. The molecular formula is C20H18ClN3O3S2. The second-order valence-electron chi connectivity index (χ2n) is 6.51. The molecule has 0 radical (unpaired) electrons. The Hall–Kier alpha value is -2.26. The van der Waals surface area contributed by atoms with Crippen LogP contribution in [0.2, 0.25) is 5.02 Å². The van der Waals surface area contributed by atoms with E-state index in [4.69, 9.17) is 11.6 Å². The maximum absolute atomic E-state index is 12.8. The molecule has 1 amide bonds. The molecule has 2 aromatic carbocycles. The van der Waals surface area contributed by atoms with Crippen molar-refractivity contribution in [2.75, 3.05) is 26.2 Å². The van der Waals surface area contributed by atoms with Gasteiger partial charge in [0.15, 0.2) is 0 Å². The van der Waals surface area contributed by atoms with E-state index >= 15 is 0 Å². The Kier molecular flexibility index (Phi) is 5.69. The number of thiazole rings is 1. The number of halogens is 1. The summed E-state index contributed by atoms with van der Waals surface area (Å²) in [4.78, 5) is 18.7. The van der Waals surface area contributed by atoms with Crippen molar-refractivity contribution >= 4 is 55.2 Å². The van der Waals surface area contributed by atoms with E-state index in [0.29, 0.717) is 13.1 Å². The summed E-state index contributed by atoms with van der Waals surface area (Å²) >= 11 is 7.57. The number of rotatable bonds is 4. The highest BCUT2D eigenvalue weighted by Gasteiger charge is 2.30. The molecule has 29 heavy (non-hydrogen) atoms. The van der Waals surface area contributed by atoms with Gasteiger partial charge >= 0.3 is 0 Å². The molecule has 0 aliphatic carbocycles. The third-order valence-corrected chi connectivity index (χ3v) is 8.08. The molecule has 3 aromatic rings. The van der Waals surface area contributed by atoms with Crippen molar-refractivity contribution in [3.05, 3.63) is 64.6 Å². The Morgan fingerprint density at radius 1 is 1.03 bits per heavy atom. The lowest BCUT2D eigenvalue weighted by Gasteiger charge is -2.33. The first-order valence-electron chi connectivity index (χ1n) is 9.02. The number of piperazine rings is 1. The number of para-hydroxylation sites is 1. The van der Waals surface area contributed by atoms with Crippen molar-refractivity contribution in [2.45, 2.75) is 4.90 Å². The molecule has 0 bridgehead atoms. The summed E-state index contributed by atoms with van der Waals surface area (Å²) in [5.41, 5.74) is 0.906. The van der Waals surface area contributed by atoms with Crippen LogP contribution in [0.25, 0.3) is 16.3 Å². The number of carbonyl (C=O) groups excluding carboxylic acids is 1. The Morgan fingerprint density at radius 2 is 1.72 bits per heavy atom. The normalized spacial score (nSPS) is 16.0. The topological polar surface area (TPSA) is 70.6 Å². The van der Waals surface area contributed by atoms with Gasteiger partial charge in [-0.05, 0) is 30.3 Å². The summed E-state index contributed by atoms with van der Waals surface area (Å²) < 4.78 is 28.0. The van der Waals surface area contributed by atoms with E-state index in [1.807, 2.05) is 24.3 Å². The maximum Gasteiger partial charge on any atom is 0.246 e. The first-order chi connectivity index (χ1) is 13.9. The number of nitrogens with zero attached hydrogens (tertiary/aromatic N) is 3. The number of hydrogen-bond donors (Lipinski definition) is 0. The Labute approximate surface area is 178 Å². The smallest absolute Gasteiger partial charge is 0.246 e. The fraction of sp³-hybridized carbons (Fsp3) is 0.200. The van der Waals surface area contributed by atoms with Gasteiger partial charge in [-0.1, -0.05) is 35.9 Å². The van der Waals surface area contributed by atoms with Gasteiger partial charge in [0, 0.05) is 32.3 Å². The van der Waals surface area contributed by atoms with E-state index in [1.165, 1.54) is 27.8 Å². The van der Waals surface area contributed by atoms with E-state index in [1.54, 1.807) is 29.2 Å². The van der Waals surface area contributed by atoms with Gasteiger partial charge in [0.05, 0.1) is 15.2 Å². The lowest BCUT2D eigenvalue weighted by Crippen LogP contribution is -2.50. The molecule has 0 atom stereocenters. The molecule has 0 N–H and O–H groups in total. The largest absolute Gasteiger partial charge is 0.337 e. The molecule has 0 unspecified atom stereocenters. The fourth-order valence-electron chi connectivity index (χ4n) is 3.15. The number of amides is 1. The van der Waals surface area contributed by atoms with Crippen LogP contribution in [0.15, 0.2) is 59.5 Å². The van der Waals surface area contributed by atoms with Crippen LogP contribution in [-0.4, -0.2) is 54.7 Å². The highest BCUT2D eigenvalue weighted by molar-refractivity contribution is 7.89. The molecule has 150 valence electrons. The quantitative estimate of drug-likeness (QED) is 0.574. The first-order valence-corrected chi connectivity index (χ1v) is 11.7. The minimum Gasteiger partial charge on any atom is -0.337 e. The molecule has 1 aromatic heterocycles. The summed E-state index contributed by atoms with van der Waals surface area (Å²) in [5, 5.41) is 0.962. The molecule has 1 saturated heterocycles. The van der Waals surface area contributed by atoms with E-state index in [9.17, 15) is 13.2 Å². The van der Waals surface area contributed by atoms with Crippen molar-refractivity contribution in [3.8, 4) is 0 Å². The number of fused-ring (bicyclic) bond motifs is 1. The zero-order chi connectivity index (χ0) is 20.4. The van der Waals surface area contributed by atoms with Gasteiger partial charge in [0.25, 0.3) is 0 Å². The van der Waals surface area contributed by atoms with Crippen molar-refractivity contribution < 1.29 is 13.2 Å². The summed E-state index contributed by atoms with van der Waals surface area (Å²) in [6.45, 7) is 1.11. The van der Waals surface area contributed by atoms with Gasteiger partial charge in [-0.3, -0.25) is 4.79 Å². The highest BCUT2D eigenvalue weighted by atomic mass is 35.5. The Balaban J connectivity index is 1.40. The number of hydrogen-bond acceptors (Lipinski definition) is 5. The SMILES string of the molecule is O=C(/C=C/c1nc2ccccc2s1)N1CCN(S(=O)(=O)c2ccccc2Cl)CC1. The fourth-order valence-corrected chi connectivity index (χ4v) is 5.94. The molecule has 6 nitrogen and oxygen atoms in total. The Bertz CT molecular complexity index is 1150.